The van der Waals surface area contributed by atoms with Crippen molar-refractivity contribution in [3.63, 3.8) is 0 Å². The fraction of sp³-hybridized carbons (Fsp3) is 0.632. The number of rotatable bonds is 7. The number of benzene rings is 1. The molecule has 0 radical (unpaired) electrons. The minimum absolute atomic E-state index is 0.125. The van der Waals surface area contributed by atoms with Crippen LogP contribution in [0.5, 0.6) is 0 Å². The van der Waals surface area contributed by atoms with Crippen LogP contribution in [0.1, 0.15) is 45.2 Å². The molecule has 0 aliphatic carbocycles. The normalized spacial score (nSPS) is 18.6. The van der Waals surface area contributed by atoms with Crippen LogP contribution in [-0.2, 0) is 4.79 Å². The van der Waals surface area contributed by atoms with Crippen molar-refractivity contribution >= 4 is 5.91 Å². The lowest BCUT2D eigenvalue weighted by Gasteiger charge is -2.35. The van der Waals surface area contributed by atoms with Gasteiger partial charge in [0, 0.05) is 6.54 Å². The van der Waals surface area contributed by atoms with E-state index in [1.54, 1.807) is 0 Å². The van der Waals surface area contributed by atoms with Crippen molar-refractivity contribution in [2.75, 3.05) is 32.7 Å². The fourth-order valence-corrected chi connectivity index (χ4v) is 3.36. The van der Waals surface area contributed by atoms with Gasteiger partial charge >= 0.3 is 0 Å². The van der Waals surface area contributed by atoms with Crippen molar-refractivity contribution < 1.29 is 4.79 Å². The van der Waals surface area contributed by atoms with E-state index in [1.165, 1.54) is 0 Å². The van der Waals surface area contributed by atoms with Crippen molar-refractivity contribution in [1.82, 2.24) is 15.5 Å². The summed E-state index contributed by atoms with van der Waals surface area (Å²) in [5, 5.41) is 6.62. The van der Waals surface area contributed by atoms with Crippen LogP contribution in [0.4, 0.5) is 0 Å². The first-order valence-electron chi connectivity index (χ1n) is 8.87. The van der Waals surface area contributed by atoms with Crippen LogP contribution in [0.2, 0.25) is 0 Å². The molecule has 1 aromatic rings. The molecule has 23 heavy (non-hydrogen) atoms. The van der Waals surface area contributed by atoms with E-state index in [9.17, 15) is 4.79 Å². The molecule has 1 atom stereocenters. The summed E-state index contributed by atoms with van der Waals surface area (Å²) < 4.78 is 0. The molecule has 1 aromatic carbocycles. The molecule has 0 bridgehead atoms. The zero-order valence-corrected chi connectivity index (χ0v) is 14.8. The van der Waals surface area contributed by atoms with Crippen molar-refractivity contribution in [3.05, 3.63) is 35.9 Å². The molecule has 0 aromatic heterocycles. The highest BCUT2D eigenvalue weighted by Gasteiger charge is 2.30. The number of hydrogen-bond donors (Lipinski definition) is 2. The van der Waals surface area contributed by atoms with E-state index >= 15 is 0 Å². The van der Waals surface area contributed by atoms with E-state index < -0.39 is 0 Å². The van der Waals surface area contributed by atoms with E-state index in [0.29, 0.717) is 0 Å². The molecule has 2 rings (SSSR count). The molecule has 1 aliphatic heterocycles. The predicted octanol–water partition coefficient (Wildman–Crippen LogP) is 2.58. The molecule has 4 nitrogen and oxygen atoms in total. The van der Waals surface area contributed by atoms with Gasteiger partial charge in [-0.2, -0.15) is 0 Å². The number of piperidine rings is 1. The Morgan fingerprint density at radius 1 is 1.22 bits per heavy atom. The average molecular weight is 317 g/mol. The van der Waals surface area contributed by atoms with Crippen LogP contribution in [0.15, 0.2) is 30.3 Å². The van der Waals surface area contributed by atoms with Crippen molar-refractivity contribution in [2.45, 2.75) is 39.7 Å². The van der Waals surface area contributed by atoms with Crippen LogP contribution in [0.3, 0.4) is 0 Å². The quantitative estimate of drug-likeness (QED) is 0.812. The van der Waals surface area contributed by atoms with Crippen LogP contribution in [-0.4, -0.2) is 43.5 Å². The third kappa shape index (κ3) is 4.79. The molecule has 1 amide bonds. The first-order chi connectivity index (χ1) is 11.1. The molecule has 4 heteroatoms. The van der Waals surface area contributed by atoms with Crippen LogP contribution < -0.4 is 10.6 Å². The van der Waals surface area contributed by atoms with Gasteiger partial charge in [-0.05, 0) is 50.0 Å². The number of hydrogen-bond acceptors (Lipinski definition) is 3. The smallest absolute Gasteiger partial charge is 0.241 e. The Balaban J connectivity index is 2.07. The number of amides is 1. The summed E-state index contributed by atoms with van der Waals surface area (Å²) in [6, 6.07) is 9.91. The van der Waals surface area contributed by atoms with Gasteiger partial charge in [-0.15, -0.1) is 0 Å². The van der Waals surface area contributed by atoms with Crippen molar-refractivity contribution in [3.8, 4) is 0 Å². The Kier molecular flexibility index (Phi) is 6.60. The maximum Gasteiger partial charge on any atom is 0.241 e. The summed E-state index contributed by atoms with van der Waals surface area (Å²) in [7, 11) is 0. The Hall–Kier alpha value is -1.39. The van der Waals surface area contributed by atoms with Gasteiger partial charge < -0.3 is 10.6 Å². The largest absolute Gasteiger partial charge is 0.354 e. The highest BCUT2D eigenvalue weighted by Crippen LogP contribution is 2.27. The average Bonchev–Trinajstić information content (AvgIpc) is 2.59. The Bertz CT molecular complexity index is 479. The highest BCUT2D eigenvalue weighted by molar-refractivity contribution is 5.83. The summed E-state index contributed by atoms with van der Waals surface area (Å²) in [6.45, 7) is 11.1. The molecule has 1 aliphatic rings. The van der Waals surface area contributed by atoms with Gasteiger partial charge in [-0.3, -0.25) is 9.69 Å². The summed E-state index contributed by atoms with van der Waals surface area (Å²) >= 11 is 0. The molecule has 1 heterocycles. The topological polar surface area (TPSA) is 44.4 Å². The lowest BCUT2D eigenvalue weighted by molar-refractivity contribution is -0.127. The maximum atomic E-state index is 12.9. The highest BCUT2D eigenvalue weighted by atomic mass is 16.2. The van der Waals surface area contributed by atoms with Crippen LogP contribution in [0, 0.1) is 5.41 Å². The molecule has 2 N–H and O–H groups in total. The predicted molar refractivity (Wildman–Crippen MR) is 95.3 cm³/mol. The first-order valence-corrected chi connectivity index (χ1v) is 8.87. The number of likely N-dealkylation sites (N-methyl/N-ethyl adjacent to an activating group) is 1. The minimum Gasteiger partial charge on any atom is -0.354 e. The van der Waals surface area contributed by atoms with E-state index in [1.807, 2.05) is 18.2 Å². The molecule has 1 saturated heterocycles. The van der Waals surface area contributed by atoms with E-state index in [-0.39, 0.29) is 17.4 Å². The molecule has 128 valence electrons. The molecule has 1 unspecified atom stereocenters. The zero-order valence-electron chi connectivity index (χ0n) is 14.8. The number of nitrogens with one attached hydrogen (secondary N) is 2. The molecule has 0 spiro atoms. The number of nitrogens with zero attached hydrogens (tertiary/aromatic N) is 1. The van der Waals surface area contributed by atoms with Gasteiger partial charge in [0.15, 0.2) is 0 Å². The Labute approximate surface area is 140 Å². The lowest BCUT2D eigenvalue weighted by atomic mass is 9.81. The SMILES string of the molecule is CCN(CC)C(C(=O)NCC1(C)CCNCC1)c1ccccc1. The second-order valence-corrected chi connectivity index (χ2v) is 6.81. The Morgan fingerprint density at radius 2 is 1.83 bits per heavy atom. The van der Waals surface area contributed by atoms with Gasteiger partial charge in [0.25, 0.3) is 0 Å². The molecular formula is C19H31N3O. The van der Waals surface area contributed by atoms with E-state index in [4.69, 9.17) is 0 Å². The van der Waals surface area contributed by atoms with Crippen molar-refractivity contribution in [1.29, 1.82) is 0 Å². The molecule has 0 saturated carbocycles. The number of carbonyl (C=O) groups is 1. The van der Waals surface area contributed by atoms with E-state index in [0.717, 1.165) is 51.1 Å². The van der Waals surface area contributed by atoms with Crippen molar-refractivity contribution in [2.24, 2.45) is 5.41 Å². The third-order valence-electron chi connectivity index (χ3n) is 5.04. The second kappa shape index (κ2) is 8.46. The third-order valence-corrected chi connectivity index (χ3v) is 5.04. The molecule has 1 fully saturated rings. The summed E-state index contributed by atoms with van der Waals surface area (Å²) in [5.74, 6) is 0.125. The minimum atomic E-state index is -0.198. The van der Waals surface area contributed by atoms with Gasteiger partial charge in [-0.25, -0.2) is 0 Å². The lowest BCUT2D eigenvalue weighted by Crippen LogP contribution is -2.46. The van der Waals surface area contributed by atoms with E-state index in [2.05, 4.69) is 48.4 Å². The summed E-state index contributed by atoms with van der Waals surface area (Å²) in [4.78, 5) is 15.1. The van der Waals surface area contributed by atoms with Gasteiger partial charge in [-0.1, -0.05) is 51.1 Å². The summed E-state index contributed by atoms with van der Waals surface area (Å²) in [5.41, 5.74) is 1.29. The Morgan fingerprint density at radius 3 is 2.39 bits per heavy atom. The van der Waals surface area contributed by atoms with Crippen LogP contribution >= 0.6 is 0 Å². The van der Waals surface area contributed by atoms with Gasteiger partial charge in [0.05, 0.1) is 0 Å². The molecular weight excluding hydrogens is 286 g/mol. The zero-order chi connectivity index (χ0) is 16.7. The van der Waals surface area contributed by atoms with Gasteiger partial charge in [0.1, 0.15) is 6.04 Å². The monoisotopic (exact) mass is 317 g/mol. The summed E-state index contributed by atoms with van der Waals surface area (Å²) in [6.07, 6.45) is 2.24. The second-order valence-electron chi connectivity index (χ2n) is 6.81. The van der Waals surface area contributed by atoms with Gasteiger partial charge in [0.2, 0.25) is 5.91 Å². The maximum absolute atomic E-state index is 12.9. The standard InChI is InChI=1S/C19H31N3O/c1-4-22(5-2)17(16-9-7-6-8-10-16)18(23)21-15-19(3)11-13-20-14-12-19/h6-10,17,20H,4-5,11-15H2,1-3H3,(H,21,23). The first kappa shape index (κ1) is 18.0. The fourth-order valence-electron chi connectivity index (χ4n) is 3.36. The van der Waals surface area contributed by atoms with Crippen LogP contribution in [0.25, 0.3) is 0 Å². The number of carbonyl (C=O) groups excluding carboxylic acids is 1.